The molecule has 0 spiro atoms. The van der Waals surface area contributed by atoms with Crippen LogP contribution in [0.3, 0.4) is 0 Å². The Hall–Kier alpha value is -0.570. The van der Waals surface area contributed by atoms with Gasteiger partial charge in [-0.2, -0.15) is 0 Å². The van der Waals surface area contributed by atoms with Gasteiger partial charge in [0.2, 0.25) is 0 Å². The molecule has 0 aliphatic rings. The monoisotopic (exact) mass is 202 g/mol. The van der Waals surface area contributed by atoms with Gasteiger partial charge in [-0.05, 0) is 12.3 Å². The van der Waals surface area contributed by atoms with Crippen molar-refractivity contribution >= 4 is 5.97 Å². The van der Waals surface area contributed by atoms with Gasteiger partial charge in [0.1, 0.15) is 0 Å². The van der Waals surface area contributed by atoms with E-state index in [1.54, 1.807) is 0 Å². The van der Waals surface area contributed by atoms with Crippen molar-refractivity contribution in [3.63, 3.8) is 0 Å². The van der Waals surface area contributed by atoms with Crippen molar-refractivity contribution in [2.75, 3.05) is 13.2 Å². The molecular weight excluding hydrogens is 180 g/mol. The summed E-state index contributed by atoms with van der Waals surface area (Å²) in [7, 11) is 0. The number of hydrogen-bond acceptors (Lipinski definition) is 3. The molecule has 0 aromatic rings. The first-order chi connectivity index (χ1) is 6.74. The fourth-order valence-corrected chi connectivity index (χ4v) is 1.27. The normalized spacial score (nSPS) is 12.5. The Morgan fingerprint density at radius 1 is 1.43 bits per heavy atom. The van der Waals surface area contributed by atoms with Gasteiger partial charge in [0.05, 0.1) is 19.6 Å². The minimum absolute atomic E-state index is 0.115. The van der Waals surface area contributed by atoms with Gasteiger partial charge in [0, 0.05) is 0 Å². The van der Waals surface area contributed by atoms with Gasteiger partial charge >= 0.3 is 5.97 Å². The molecule has 0 rings (SSSR count). The lowest BCUT2D eigenvalue weighted by Crippen LogP contribution is -2.14. The molecule has 0 heterocycles. The lowest BCUT2D eigenvalue weighted by Gasteiger charge is -2.14. The van der Waals surface area contributed by atoms with Crippen LogP contribution in [-0.4, -0.2) is 24.3 Å². The van der Waals surface area contributed by atoms with Crippen molar-refractivity contribution in [3.05, 3.63) is 0 Å². The lowest BCUT2D eigenvalue weighted by atomic mass is 10.0. The summed E-state index contributed by atoms with van der Waals surface area (Å²) >= 11 is 0. The van der Waals surface area contributed by atoms with Gasteiger partial charge in [-0.15, -0.1) is 0 Å². The number of rotatable bonds is 8. The second-order valence-electron chi connectivity index (χ2n) is 3.57. The van der Waals surface area contributed by atoms with Crippen molar-refractivity contribution in [3.8, 4) is 0 Å². The predicted octanol–water partition coefficient (Wildman–Crippen LogP) is 2.13. The molecule has 0 radical (unpaired) electrons. The first kappa shape index (κ1) is 13.4. The van der Waals surface area contributed by atoms with Gasteiger partial charge in [-0.1, -0.05) is 33.1 Å². The molecule has 0 fully saturated rings. The predicted molar refractivity (Wildman–Crippen MR) is 56.0 cm³/mol. The van der Waals surface area contributed by atoms with Crippen LogP contribution in [0.25, 0.3) is 0 Å². The third kappa shape index (κ3) is 6.89. The first-order valence-corrected chi connectivity index (χ1v) is 5.51. The molecule has 14 heavy (non-hydrogen) atoms. The van der Waals surface area contributed by atoms with E-state index in [0.717, 1.165) is 12.8 Å². The van der Waals surface area contributed by atoms with Crippen LogP contribution in [0, 0.1) is 5.92 Å². The van der Waals surface area contributed by atoms with Crippen molar-refractivity contribution < 1.29 is 14.6 Å². The minimum Gasteiger partial charge on any atom is -0.465 e. The maximum Gasteiger partial charge on any atom is 0.308 e. The second-order valence-corrected chi connectivity index (χ2v) is 3.57. The van der Waals surface area contributed by atoms with E-state index in [1.807, 2.05) is 0 Å². The number of carbonyl (C=O) groups is 1. The summed E-state index contributed by atoms with van der Waals surface area (Å²) in [5.74, 6) is 0.194. The first-order valence-electron chi connectivity index (χ1n) is 5.51. The van der Waals surface area contributed by atoms with E-state index in [2.05, 4.69) is 13.8 Å². The summed E-state index contributed by atoms with van der Waals surface area (Å²) in [6.45, 7) is 4.66. The molecule has 1 atom stereocenters. The zero-order valence-corrected chi connectivity index (χ0v) is 9.29. The average Bonchev–Trinajstić information content (AvgIpc) is 2.19. The number of ether oxygens (including phenoxy) is 1. The molecule has 0 saturated carbocycles. The maximum atomic E-state index is 11.0. The van der Waals surface area contributed by atoms with Crippen LogP contribution in [0.2, 0.25) is 0 Å². The van der Waals surface area contributed by atoms with Crippen LogP contribution >= 0.6 is 0 Å². The molecule has 1 unspecified atom stereocenters. The Labute approximate surface area is 86.5 Å². The molecule has 0 aromatic carbocycles. The minimum atomic E-state index is -0.289. The van der Waals surface area contributed by atoms with E-state index in [4.69, 9.17) is 9.84 Å². The number of carbonyl (C=O) groups excluding carboxylic acids is 1. The Morgan fingerprint density at radius 3 is 2.64 bits per heavy atom. The van der Waals surface area contributed by atoms with Gasteiger partial charge in [-0.3, -0.25) is 4.79 Å². The third-order valence-corrected chi connectivity index (χ3v) is 2.34. The molecule has 0 aliphatic carbocycles. The summed E-state index contributed by atoms with van der Waals surface area (Å²) < 4.78 is 5.03. The van der Waals surface area contributed by atoms with Crippen LogP contribution in [0.15, 0.2) is 0 Å². The highest BCUT2D eigenvalue weighted by atomic mass is 16.5. The van der Waals surface area contributed by atoms with Crippen molar-refractivity contribution in [1.29, 1.82) is 0 Å². The summed E-state index contributed by atoms with van der Waals surface area (Å²) in [5.41, 5.74) is 0. The number of unbranched alkanes of at least 4 members (excludes halogenated alkanes) is 1. The van der Waals surface area contributed by atoms with Crippen LogP contribution in [0.4, 0.5) is 0 Å². The fraction of sp³-hybridized carbons (Fsp3) is 0.909. The van der Waals surface area contributed by atoms with E-state index in [-0.39, 0.29) is 19.0 Å². The lowest BCUT2D eigenvalue weighted by molar-refractivity contribution is -0.145. The fourth-order valence-electron chi connectivity index (χ4n) is 1.27. The zero-order valence-electron chi connectivity index (χ0n) is 9.29. The highest BCUT2D eigenvalue weighted by molar-refractivity contribution is 5.69. The zero-order chi connectivity index (χ0) is 10.8. The van der Waals surface area contributed by atoms with E-state index >= 15 is 0 Å². The molecule has 1 N–H and O–H groups in total. The van der Waals surface area contributed by atoms with Crippen LogP contribution < -0.4 is 0 Å². The molecule has 0 aromatic heterocycles. The number of esters is 1. The van der Waals surface area contributed by atoms with E-state index in [0.29, 0.717) is 12.5 Å². The van der Waals surface area contributed by atoms with Crippen molar-refractivity contribution in [2.24, 2.45) is 5.92 Å². The molecule has 0 amide bonds. The molecule has 0 aliphatic heterocycles. The second kappa shape index (κ2) is 9.00. The standard InChI is InChI=1S/C11H22O3/c1-3-5-6-10(4-2)9-14-11(13)7-8-12/h10,12H,3-9H2,1-2H3. The van der Waals surface area contributed by atoms with Crippen molar-refractivity contribution in [1.82, 2.24) is 0 Å². The maximum absolute atomic E-state index is 11.0. The number of aliphatic hydroxyl groups excluding tert-OH is 1. The molecular formula is C11H22O3. The van der Waals surface area contributed by atoms with E-state index < -0.39 is 0 Å². The molecule has 3 heteroatoms. The Kier molecular flexibility index (Phi) is 8.64. The van der Waals surface area contributed by atoms with Gasteiger partial charge in [0.25, 0.3) is 0 Å². The van der Waals surface area contributed by atoms with Crippen LogP contribution in [0.1, 0.15) is 46.0 Å². The highest BCUT2D eigenvalue weighted by Crippen LogP contribution is 2.12. The Balaban J connectivity index is 3.55. The smallest absolute Gasteiger partial charge is 0.308 e. The van der Waals surface area contributed by atoms with Gasteiger partial charge in [-0.25, -0.2) is 0 Å². The summed E-state index contributed by atoms with van der Waals surface area (Å²) in [6, 6.07) is 0. The molecule has 84 valence electrons. The SMILES string of the molecule is CCCCC(CC)COC(=O)CCO. The molecule has 0 saturated heterocycles. The highest BCUT2D eigenvalue weighted by Gasteiger charge is 2.09. The summed E-state index contributed by atoms with van der Waals surface area (Å²) in [5, 5.41) is 8.50. The number of hydrogen-bond donors (Lipinski definition) is 1. The Bertz CT molecular complexity index is 145. The summed E-state index contributed by atoms with van der Waals surface area (Å²) in [6.07, 6.45) is 4.66. The van der Waals surface area contributed by atoms with Gasteiger partial charge < -0.3 is 9.84 Å². The molecule has 3 nitrogen and oxygen atoms in total. The number of aliphatic hydroxyl groups is 1. The van der Waals surface area contributed by atoms with Crippen LogP contribution in [-0.2, 0) is 9.53 Å². The Morgan fingerprint density at radius 2 is 2.14 bits per heavy atom. The topological polar surface area (TPSA) is 46.5 Å². The van der Waals surface area contributed by atoms with Crippen LogP contribution in [0.5, 0.6) is 0 Å². The van der Waals surface area contributed by atoms with E-state index in [1.165, 1.54) is 12.8 Å². The third-order valence-electron chi connectivity index (χ3n) is 2.34. The van der Waals surface area contributed by atoms with E-state index in [9.17, 15) is 4.79 Å². The molecule has 0 bridgehead atoms. The van der Waals surface area contributed by atoms with Crippen molar-refractivity contribution in [2.45, 2.75) is 46.0 Å². The average molecular weight is 202 g/mol. The largest absolute Gasteiger partial charge is 0.465 e. The van der Waals surface area contributed by atoms with Gasteiger partial charge in [0.15, 0.2) is 0 Å². The summed E-state index contributed by atoms with van der Waals surface area (Å²) in [4.78, 5) is 11.0. The quantitative estimate of drug-likeness (QED) is 0.613.